The highest BCUT2D eigenvalue weighted by molar-refractivity contribution is 6.33. The van der Waals surface area contributed by atoms with Crippen molar-refractivity contribution in [2.45, 2.75) is 5.54 Å². The second-order valence-corrected chi connectivity index (χ2v) is 6.61. The van der Waals surface area contributed by atoms with Crippen molar-refractivity contribution in [3.05, 3.63) is 58.6 Å². The van der Waals surface area contributed by atoms with Crippen LogP contribution in [-0.2, 0) is 9.53 Å². The first-order valence-electron chi connectivity index (χ1n) is 7.31. The van der Waals surface area contributed by atoms with E-state index in [4.69, 9.17) is 27.9 Å². The highest BCUT2D eigenvalue weighted by Crippen LogP contribution is 2.40. The lowest BCUT2D eigenvalue weighted by Crippen LogP contribution is -2.64. The molecule has 5 nitrogen and oxygen atoms in total. The standard InChI is InChI=1S/C17H12Cl2N2O3/c18-11-1-5-13(6-2-11)20-15(22)17(9-24-10-17)21(16(20)23)14-7-3-12(19)4-8-14/h1-8H,9-10H2. The molecule has 2 heterocycles. The second kappa shape index (κ2) is 5.48. The zero-order valence-corrected chi connectivity index (χ0v) is 13.9. The van der Waals surface area contributed by atoms with Crippen LogP contribution in [0.1, 0.15) is 0 Å². The van der Waals surface area contributed by atoms with Gasteiger partial charge in [0.05, 0.1) is 18.9 Å². The van der Waals surface area contributed by atoms with Crippen LogP contribution in [0.25, 0.3) is 0 Å². The molecule has 0 aliphatic carbocycles. The lowest BCUT2D eigenvalue weighted by Gasteiger charge is -2.41. The van der Waals surface area contributed by atoms with E-state index in [0.29, 0.717) is 21.4 Å². The highest BCUT2D eigenvalue weighted by atomic mass is 35.5. The molecule has 0 bridgehead atoms. The predicted molar refractivity (Wildman–Crippen MR) is 91.8 cm³/mol. The molecular weight excluding hydrogens is 351 g/mol. The minimum absolute atomic E-state index is 0.171. The summed E-state index contributed by atoms with van der Waals surface area (Å²) in [6.07, 6.45) is 0. The van der Waals surface area contributed by atoms with E-state index in [1.807, 2.05) is 0 Å². The Morgan fingerprint density at radius 3 is 1.79 bits per heavy atom. The molecule has 0 N–H and O–H groups in total. The molecular formula is C17H12Cl2N2O3. The minimum atomic E-state index is -0.995. The van der Waals surface area contributed by atoms with E-state index in [1.54, 1.807) is 48.5 Å². The molecule has 122 valence electrons. The molecule has 2 aromatic carbocycles. The van der Waals surface area contributed by atoms with Crippen molar-refractivity contribution in [3.8, 4) is 0 Å². The van der Waals surface area contributed by atoms with Crippen molar-refractivity contribution >= 4 is 46.5 Å². The molecule has 0 aromatic heterocycles. The van der Waals surface area contributed by atoms with Gasteiger partial charge in [0.1, 0.15) is 0 Å². The summed E-state index contributed by atoms with van der Waals surface area (Å²) >= 11 is 11.8. The smallest absolute Gasteiger partial charge is 0.337 e. The fourth-order valence-corrected chi connectivity index (χ4v) is 3.24. The normalized spacial score (nSPS) is 19.1. The van der Waals surface area contributed by atoms with Gasteiger partial charge in [-0.05, 0) is 48.5 Å². The molecule has 7 heteroatoms. The zero-order valence-electron chi connectivity index (χ0n) is 12.4. The monoisotopic (exact) mass is 362 g/mol. The number of imide groups is 1. The third-order valence-electron chi connectivity index (χ3n) is 4.26. The Hall–Kier alpha value is -2.08. The van der Waals surface area contributed by atoms with Gasteiger partial charge in [0, 0.05) is 15.7 Å². The quantitative estimate of drug-likeness (QED) is 0.764. The Morgan fingerprint density at radius 1 is 0.833 bits per heavy atom. The van der Waals surface area contributed by atoms with Gasteiger partial charge in [-0.1, -0.05) is 23.2 Å². The number of carbonyl (C=O) groups excluding carboxylic acids is 2. The van der Waals surface area contributed by atoms with Gasteiger partial charge >= 0.3 is 6.03 Å². The number of halogens is 2. The van der Waals surface area contributed by atoms with E-state index in [9.17, 15) is 9.59 Å². The predicted octanol–water partition coefficient (Wildman–Crippen LogP) is 3.74. The summed E-state index contributed by atoms with van der Waals surface area (Å²) in [6.45, 7) is 0.342. The molecule has 2 fully saturated rings. The van der Waals surface area contributed by atoms with Crippen molar-refractivity contribution in [1.82, 2.24) is 0 Å². The van der Waals surface area contributed by atoms with Crippen molar-refractivity contribution in [2.75, 3.05) is 23.0 Å². The van der Waals surface area contributed by atoms with Crippen molar-refractivity contribution in [3.63, 3.8) is 0 Å². The van der Waals surface area contributed by atoms with Crippen LogP contribution in [0.5, 0.6) is 0 Å². The fraction of sp³-hybridized carbons (Fsp3) is 0.176. The number of rotatable bonds is 2. The molecule has 2 aliphatic rings. The molecule has 24 heavy (non-hydrogen) atoms. The Labute approximate surface area is 148 Å². The van der Waals surface area contributed by atoms with Gasteiger partial charge in [-0.25, -0.2) is 9.69 Å². The molecule has 0 radical (unpaired) electrons. The van der Waals surface area contributed by atoms with Crippen molar-refractivity contribution in [2.24, 2.45) is 0 Å². The summed E-state index contributed by atoms with van der Waals surface area (Å²) in [7, 11) is 0. The van der Waals surface area contributed by atoms with Crippen molar-refractivity contribution in [1.29, 1.82) is 0 Å². The summed E-state index contributed by atoms with van der Waals surface area (Å²) in [5.74, 6) is -0.295. The van der Waals surface area contributed by atoms with Gasteiger partial charge in [-0.2, -0.15) is 0 Å². The number of amides is 3. The van der Waals surface area contributed by atoms with Gasteiger partial charge in [-0.15, -0.1) is 0 Å². The topological polar surface area (TPSA) is 49.9 Å². The summed E-state index contributed by atoms with van der Waals surface area (Å²) in [5.41, 5.74) is 0.0968. The van der Waals surface area contributed by atoms with E-state index in [2.05, 4.69) is 0 Å². The van der Waals surface area contributed by atoms with E-state index >= 15 is 0 Å². The molecule has 2 aliphatic heterocycles. The maximum atomic E-state index is 13.0. The van der Waals surface area contributed by atoms with Crippen LogP contribution in [0, 0.1) is 0 Å². The number of benzene rings is 2. The fourth-order valence-electron chi connectivity index (χ4n) is 2.99. The molecule has 1 spiro atoms. The lowest BCUT2D eigenvalue weighted by molar-refractivity contribution is -0.136. The van der Waals surface area contributed by atoms with Crippen LogP contribution in [0.15, 0.2) is 48.5 Å². The van der Waals surface area contributed by atoms with E-state index in [-0.39, 0.29) is 19.1 Å². The van der Waals surface area contributed by atoms with Gasteiger partial charge < -0.3 is 4.74 Å². The second-order valence-electron chi connectivity index (χ2n) is 5.74. The van der Waals surface area contributed by atoms with Crippen LogP contribution in [0.3, 0.4) is 0 Å². The number of ether oxygens (including phenoxy) is 1. The minimum Gasteiger partial charge on any atom is -0.375 e. The first kappa shape index (κ1) is 15.4. The Morgan fingerprint density at radius 2 is 1.33 bits per heavy atom. The van der Waals surface area contributed by atoms with E-state index < -0.39 is 11.6 Å². The Kier molecular flexibility index (Phi) is 3.53. The molecule has 2 aromatic rings. The summed E-state index contributed by atoms with van der Waals surface area (Å²) in [6, 6.07) is 13.0. The first-order chi connectivity index (χ1) is 11.5. The molecule has 4 rings (SSSR count). The van der Waals surface area contributed by atoms with Gasteiger partial charge in [-0.3, -0.25) is 9.69 Å². The lowest BCUT2D eigenvalue weighted by atomic mass is 9.95. The highest BCUT2D eigenvalue weighted by Gasteiger charge is 2.62. The van der Waals surface area contributed by atoms with Crippen LogP contribution in [0.4, 0.5) is 16.2 Å². The summed E-state index contributed by atoms with van der Waals surface area (Å²) in [4.78, 5) is 28.6. The summed E-state index contributed by atoms with van der Waals surface area (Å²) < 4.78 is 5.27. The average molecular weight is 363 g/mol. The number of hydrogen-bond acceptors (Lipinski definition) is 3. The maximum absolute atomic E-state index is 13.0. The SMILES string of the molecule is O=C1N(c2ccc(Cl)cc2)C(=O)C2(COC2)N1c1ccc(Cl)cc1. The van der Waals surface area contributed by atoms with E-state index in [0.717, 1.165) is 0 Å². The number of carbonyl (C=O) groups is 2. The maximum Gasteiger partial charge on any atom is 0.337 e. The Balaban J connectivity index is 1.79. The van der Waals surface area contributed by atoms with Gasteiger partial charge in [0.15, 0.2) is 5.54 Å². The van der Waals surface area contributed by atoms with Gasteiger partial charge in [0.2, 0.25) is 0 Å². The number of urea groups is 1. The van der Waals surface area contributed by atoms with Crippen molar-refractivity contribution < 1.29 is 14.3 Å². The zero-order chi connectivity index (χ0) is 16.9. The number of hydrogen-bond donors (Lipinski definition) is 0. The largest absolute Gasteiger partial charge is 0.375 e. The molecule has 0 atom stereocenters. The third kappa shape index (κ3) is 2.13. The number of nitrogens with zero attached hydrogens (tertiary/aromatic N) is 2. The first-order valence-corrected chi connectivity index (χ1v) is 8.06. The molecule has 0 saturated carbocycles. The molecule has 0 unspecified atom stereocenters. The van der Waals surface area contributed by atoms with E-state index in [1.165, 1.54) is 9.80 Å². The molecule has 2 saturated heterocycles. The molecule has 3 amide bonds. The van der Waals surface area contributed by atoms with Gasteiger partial charge in [0.25, 0.3) is 5.91 Å². The summed E-state index contributed by atoms with van der Waals surface area (Å²) in [5, 5.41) is 1.10. The van der Waals surface area contributed by atoms with Crippen LogP contribution >= 0.6 is 23.2 Å². The Bertz CT molecular complexity index is 817. The van der Waals surface area contributed by atoms with Crippen LogP contribution in [-0.4, -0.2) is 30.7 Å². The van der Waals surface area contributed by atoms with Crippen LogP contribution in [0.2, 0.25) is 10.0 Å². The van der Waals surface area contributed by atoms with Crippen LogP contribution < -0.4 is 9.80 Å². The average Bonchev–Trinajstić information content (AvgIpc) is 2.77. The number of anilines is 2. The third-order valence-corrected chi connectivity index (χ3v) is 4.77.